The van der Waals surface area contributed by atoms with Gasteiger partial charge >= 0.3 is 6.03 Å². The van der Waals surface area contributed by atoms with Crippen LogP contribution in [0.3, 0.4) is 0 Å². The normalized spacial score (nSPS) is 11.8. The number of para-hydroxylation sites is 2. The van der Waals surface area contributed by atoms with Gasteiger partial charge in [-0.25, -0.2) is 4.79 Å². The zero-order valence-electron chi connectivity index (χ0n) is 11.0. The van der Waals surface area contributed by atoms with E-state index in [9.17, 15) is 9.90 Å². The molecule has 0 aromatic heterocycles. The first-order valence-electron chi connectivity index (χ1n) is 5.87. The summed E-state index contributed by atoms with van der Waals surface area (Å²) in [7, 11) is 3.25. The van der Waals surface area contributed by atoms with Gasteiger partial charge in [0, 0.05) is 13.6 Å². The zero-order valence-corrected chi connectivity index (χ0v) is 11.0. The number of carbonyl (C=O) groups is 1. The van der Waals surface area contributed by atoms with Gasteiger partial charge in [-0.2, -0.15) is 0 Å². The van der Waals surface area contributed by atoms with Crippen molar-refractivity contribution in [2.24, 2.45) is 0 Å². The van der Waals surface area contributed by atoms with Crippen LogP contribution in [0.15, 0.2) is 24.3 Å². The van der Waals surface area contributed by atoms with Crippen LogP contribution in [0, 0.1) is 0 Å². The summed E-state index contributed by atoms with van der Waals surface area (Å²) in [6.45, 7) is 2.20. The highest BCUT2D eigenvalue weighted by atomic mass is 16.5. The smallest absolute Gasteiger partial charge is 0.321 e. The van der Waals surface area contributed by atoms with E-state index in [1.807, 2.05) is 12.1 Å². The van der Waals surface area contributed by atoms with Crippen LogP contribution < -0.4 is 10.1 Å². The molecular weight excluding hydrogens is 232 g/mol. The number of carbonyl (C=O) groups excluding carboxylic acids is 1. The lowest BCUT2D eigenvalue weighted by Gasteiger charge is -2.19. The van der Waals surface area contributed by atoms with E-state index in [1.54, 1.807) is 33.2 Å². The number of amides is 2. The molecule has 1 unspecified atom stereocenters. The highest BCUT2D eigenvalue weighted by Crippen LogP contribution is 2.23. The topological polar surface area (TPSA) is 61.8 Å². The van der Waals surface area contributed by atoms with Crippen molar-refractivity contribution in [2.45, 2.75) is 19.4 Å². The van der Waals surface area contributed by atoms with Crippen molar-refractivity contribution in [3.8, 4) is 5.75 Å². The number of ether oxygens (including phenoxy) is 1. The first-order chi connectivity index (χ1) is 8.54. The number of anilines is 1. The molecule has 0 radical (unpaired) electrons. The second kappa shape index (κ2) is 6.86. The van der Waals surface area contributed by atoms with Crippen LogP contribution in [0.1, 0.15) is 13.3 Å². The van der Waals surface area contributed by atoms with Crippen LogP contribution in [-0.2, 0) is 0 Å². The molecule has 18 heavy (non-hydrogen) atoms. The molecule has 100 valence electrons. The fraction of sp³-hybridized carbons (Fsp3) is 0.462. The third kappa shape index (κ3) is 4.25. The van der Waals surface area contributed by atoms with Gasteiger partial charge in [0.1, 0.15) is 5.75 Å². The van der Waals surface area contributed by atoms with Gasteiger partial charge < -0.3 is 20.1 Å². The van der Waals surface area contributed by atoms with E-state index < -0.39 is 6.10 Å². The number of hydrogen-bond donors (Lipinski definition) is 2. The van der Waals surface area contributed by atoms with Crippen molar-refractivity contribution in [1.29, 1.82) is 0 Å². The maximum absolute atomic E-state index is 11.9. The molecule has 1 rings (SSSR count). The minimum Gasteiger partial charge on any atom is -0.495 e. The molecule has 1 atom stereocenters. The molecule has 0 heterocycles. The number of benzene rings is 1. The summed E-state index contributed by atoms with van der Waals surface area (Å²) in [5.74, 6) is 0.620. The number of rotatable bonds is 5. The molecule has 5 nitrogen and oxygen atoms in total. The van der Waals surface area contributed by atoms with Crippen LogP contribution in [0.2, 0.25) is 0 Å². The first-order valence-corrected chi connectivity index (χ1v) is 5.87. The fourth-order valence-electron chi connectivity index (χ4n) is 1.44. The Labute approximate surface area is 107 Å². The quantitative estimate of drug-likeness (QED) is 0.841. The molecular formula is C13H20N2O3. The second-order valence-corrected chi connectivity index (χ2v) is 4.19. The SMILES string of the molecule is COc1ccccc1NC(=O)N(C)CCC(C)O. The summed E-state index contributed by atoms with van der Waals surface area (Å²) in [6, 6.07) is 7.00. The molecule has 2 amide bonds. The van der Waals surface area contributed by atoms with Crippen LogP contribution in [-0.4, -0.2) is 42.8 Å². The Balaban J connectivity index is 2.58. The molecule has 2 N–H and O–H groups in total. The molecule has 0 bridgehead atoms. The van der Waals surface area contributed by atoms with Crippen molar-refractivity contribution < 1.29 is 14.6 Å². The lowest BCUT2D eigenvalue weighted by Crippen LogP contribution is -2.33. The minimum absolute atomic E-state index is 0.222. The average Bonchev–Trinajstić information content (AvgIpc) is 2.36. The predicted molar refractivity (Wildman–Crippen MR) is 70.9 cm³/mol. The van der Waals surface area contributed by atoms with Gasteiger partial charge in [0.25, 0.3) is 0 Å². The van der Waals surface area contributed by atoms with E-state index >= 15 is 0 Å². The summed E-state index contributed by atoms with van der Waals surface area (Å²) < 4.78 is 5.15. The summed E-state index contributed by atoms with van der Waals surface area (Å²) in [4.78, 5) is 13.4. The van der Waals surface area contributed by atoms with Gasteiger partial charge in [0.05, 0.1) is 18.9 Å². The van der Waals surface area contributed by atoms with Gasteiger partial charge in [-0.1, -0.05) is 12.1 Å². The Kier molecular flexibility index (Phi) is 5.45. The molecule has 0 aliphatic carbocycles. The van der Waals surface area contributed by atoms with Gasteiger partial charge in [-0.15, -0.1) is 0 Å². The van der Waals surface area contributed by atoms with Crippen LogP contribution in [0.4, 0.5) is 10.5 Å². The Morgan fingerprint density at radius 2 is 2.17 bits per heavy atom. The molecule has 0 aliphatic rings. The Morgan fingerprint density at radius 1 is 1.50 bits per heavy atom. The summed E-state index contributed by atoms with van der Waals surface area (Å²) in [5, 5.41) is 11.9. The largest absolute Gasteiger partial charge is 0.495 e. The molecule has 1 aromatic carbocycles. The number of aliphatic hydroxyl groups excluding tert-OH is 1. The highest BCUT2D eigenvalue weighted by Gasteiger charge is 2.11. The maximum atomic E-state index is 11.9. The summed E-state index contributed by atoms with van der Waals surface area (Å²) in [5.41, 5.74) is 0.633. The molecule has 0 saturated heterocycles. The van der Waals surface area contributed by atoms with E-state index in [0.29, 0.717) is 24.4 Å². The van der Waals surface area contributed by atoms with Gasteiger partial charge in [-0.3, -0.25) is 0 Å². The van der Waals surface area contributed by atoms with Gasteiger partial charge in [0.2, 0.25) is 0 Å². The van der Waals surface area contributed by atoms with E-state index in [-0.39, 0.29) is 6.03 Å². The molecule has 0 saturated carbocycles. The first kappa shape index (κ1) is 14.3. The average molecular weight is 252 g/mol. The van der Waals surface area contributed by atoms with Crippen molar-refractivity contribution in [3.63, 3.8) is 0 Å². The molecule has 0 spiro atoms. The Bertz CT molecular complexity index is 394. The van der Waals surface area contributed by atoms with Crippen molar-refractivity contribution in [1.82, 2.24) is 4.90 Å². The zero-order chi connectivity index (χ0) is 13.5. The molecule has 0 fully saturated rings. The van der Waals surface area contributed by atoms with E-state index in [2.05, 4.69) is 5.32 Å². The standard InChI is InChI=1S/C13H20N2O3/c1-10(16)8-9-15(2)13(17)14-11-6-4-5-7-12(11)18-3/h4-7,10,16H,8-9H2,1-3H3,(H,14,17). The van der Waals surface area contributed by atoms with Gasteiger partial charge in [-0.05, 0) is 25.5 Å². The Hall–Kier alpha value is -1.75. The monoisotopic (exact) mass is 252 g/mol. The van der Waals surface area contributed by atoms with E-state index in [1.165, 1.54) is 4.90 Å². The van der Waals surface area contributed by atoms with Crippen LogP contribution in [0.25, 0.3) is 0 Å². The predicted octanol–water partition coefficient (Wildman–Crippen LogP) is 1.93. The van der Waals surface area contributed by atoms with Crippen LogP contribution in [0.5, 0.6) is 5.75 Å². The number of aliphatic hydroxyl groups is 1. The van der Waals surface area contributed by atoms with E-state index in [0.717, 1.165) is 0 Å². The lowest BCUT2D eigenvalue weighted by molar-refractivity contribution is 0.167. The van der Waals surface area contributed by atoms with Crippen molar-refractivity contribution >= 4 is 11.7 Å². The molecule has 0 aliphatic heterocycles. The third-order valence-electron chi connectivity index (χ3n) is 2.58. The Morgan fingerprint density at radius 3 is 2.78 bits per heavy atom. The van der Waals surface area contributed by atoms with Crippen molar-refractivity contribution in [2.75, 3.05) is 26.0 Å². The number of hydrogen-bond acceptors (Lipinski definition) is 3. The lowest BCUT2D eigenvalue weighted by atomic mass is 10.3. The maximum Gasteiger partial charge on any atom is 0.321 e. The second-order valence-electron chi connectivity index (χ2n) is 4.19. The molecule has 1 aromatic rings. The number of nitrogens with zero attached hydrogens (tertiary/aromatic N) is 1. The summed E-state index contributed by atoms with van der Waals surface area (Å²) >= 11 is 0. The minimum atomic E-state index is -0.411. The number of methoxy groups -OCH3 is 1. The van der Waals surface area contributed by atoms with Crippen molar-refractivity contribution in [3.05, 3.63) is 24.3 Å². The van der Waals surface area contributed by atoms with Gasteiger partial charge in [0.15, 0.2) is 0 Å². The fourth-order valence-corrected chi connectivity index (χ4v) is 1.44. The number of urea groups is 1. The summed E-state index contributed by atoms with van der Waals surface area (Å²) in [6.07, 6.45) is 0.141. The van der Waals surface area contributed by atoms with Crippen LogP contribution >= 0.6 is 0 Å². The molecule has 5 heteroatoms. The number of nitrogens with one attached hydrogen (secondary N) is 1. The third-order valence-corrected chi connectivity index (χ3v) is 2.58. The van der Waals surface area contributed by atoms with E-state index in [4.69, 9.17) is 4.74 Å². The highest BCUT2D eigenvalue weighted by molar-refractivity contribution is 5.90.